The zero-order valence-corrected chi connectivity index (χ0v) is 20.5. The van der Waals surface area contributed by atoms with Crippen LogP contribution < -0.4 is 5.32 Å². The van der Waals surface area contributed by atoms with Gasteiger partial charge in [0.25, 0.3) is 0 Å². The average Bonchev–Trinajstić information content (AvgIpc) is 2.80. The molecule has 2 amide bonds. The van der Waals surface area contributed by atoms with Gasteiger partial charge in [-0.1, -0.05) is 89.4 Å². The monoisotopic (exact) mass is 502 g/mol. The quantitative estimate of drug-likeness (QED) is 0.391. The summed E-state index contributed by atoms with van der Waals surface area (Å²) in [4.78, 5) is 28.4. The summed E-state index contributed by atoms with van der Waals surface area (Å²) in [5.41, 5.74) is 2.22. The molecule has 0 radical (unpaired) electrons. The van der Waals surface area contributed by atoms with E-state index in [-0.39, 0.29) is 24.8 Å². The number of nitrogens with zero attached hydrogens (tertiary/aromatic N) is 1. The number of rotatable bonds is 9. The van der Waals surface area contributed by atoms with Crippen molar-refractivity contribution in [1.29, 1.82) is 0 Å². The Labute approximate surface area is 209 Å². The second kappa shape index (κ2) is 12.1. The van der Waals surface area contributed by atoms with E-state index >= 15 is 0 Å². The number of benzene rings is 3. The van der Waals surface area contributed by atoms with Crippen molar-refractivity contribution in [3.8, 4) is 0 Å². The molecule has 1 unspecified atom stereocenters. The van der Waals surface area contributed by atoms with E-state index in [1.165, 1.54) is 0 Å². The summed E-state index contributed by atoms with van der Waals surface area (Å²) in [5, 5.41) is 4.24. The lowest BCUT2D eigenvalue weighted by Crippen LogP contribution is -2.51. The van der Waals surface area contributed by atoms with Crippen LogP contribution in [0.1, 0.15) is 23.6 Å². The Morgan fingerprint density at radius 2 is 1.45 bits per heavy atom. The molecule has 0 aromatic heterocycles. The molecule has 1 N–H and O–H groups in total. The Kier molecular flexibility index (Phi) is 9.19. The molecule has 3 aromatic rings. The van der Waals surface area contributed by atoms with E-state index in [4.69, 9.17) is 34.8 Å². The SMILES string of the molecule is CCNC(=O)C(Cc1ccccc1)N(Cc1c(Cl)cccc1Cl)C(=O)Cc1ccccc1Cl. The lowest BCUT2D eigenvalue weighted by molar-refractivity contribution is -0.140. The minimum absolute atomic E-state index is 0.0481. The van der Waals surface area contributed by atoms with Crippen LogP contribution in [0.2, 0.25) is 15.1 Å². The lowest BCUT2D eigenvalue weighted by atomic mass is 10.0. The smallest absolute Gasteiger partial charge is 0.243 e. The van der Waals surface area contributed by atoms with Gasteiger partial charge in [-0.3, -0.25) is 9.59 Å². The number of hydrogen-bond acceptors (Lipinski definition) is 2. The predicted molar refractivity (Wildman–Crippen MR) is 135 cm³/mol. The van der Waals surface area contributed by atoms with Crippen molar-refractivity contribution in [1.82, 2.24) is 10.2 Å². The molecule has 0 spiro atoms. The average molecular weight is 504 g/mol. The Hall–Kier alpha value is -2.53. The Balaban J connectivity index is 2.02. The minimum Gasteiger partial charge on any atom is -0.355 e. The van der Waals surface area contributed by atoms with E-state index in [0.717, 1.165) is 5.56 Å². The molecule has 0 saturated heterocycles. The molecule has 0 fully saturated rings. The summed E-state index contributed by atoms with van der Waals surface area (Å²) in [6, 6.07) is 21.2. The van der Waals surface area contributed by atoms with Gasteiger partial charge in [-0.2, -0.15) is 0 Å². The van der Waals surface area contributed by atoms with Crippen molar-refractivity contribution in [3.05, 3.63) is 105 Å². The summed E-state index contributed by atoms with van der Waals surface area (Å²) < 4.78 is 0. The van der Waals surface area contributed by atoms with Crippen LogP contribution in [0.25, 0.3) is 0 Å². The van der Waals surface area contributed by atoms with Crippen molar-refractivity contribution in [3.63, 3.8) is 0 Å². The topological polar surface area (TPSA) is 49.4 Å². The van der Waals surface area contributed by atoms with E-state index in [2.05, 4.69) is 5.32 Å². The molecule has 0 aliphatic rings. The molecule has 0 bridgehead atoms. The van der Waals surface area contributed by atoms with Crippen molar-refractivity contribution >= 4 is 46.6 Å². The fourth-order valence-electron chi connectivity index (χ4n) is 3.61. The number of carbonyl (C=O) groups excluding carboxylic acids is 2. The number of hydrogen-bond donors (Lipinski definition) is 1. The molecular formula is C26H25Cl3N2O2. The van der Waals surface area contributed by atoms with Gasteiger partial charge in [-0.15, -0.1) is 0 Å². The van der Waals surface area contributed by atoms with Crippen LogP contribution in [0, 0.1) is 0 Å². The standard InChI is InChI=1S/C26H25Cl3N2O2/c1-2-30-26(33)24(15-18-9-4-3-5-10-18)31(17-20-22(28)13-8-14-23(20)29)25(32)16-19-11-6-7-12-21(19)27/h3-14,24H,2,15-17H2,1H3,(H,30,33). The maximum atomic E-state index is 13.6. The fourth-order valence-corrected chi connectivity index (χ4v) is 4.33. The number of nitrogens with one attached hydrogen (secondary N) is 1. The van der Waals surface area contributed by atoms with Crippen LogP contribution in [0.4, 0.5) is 0 Å². The lowest BCUT2D eigenvalue weighted by Gasteiger charge is -2.32. The maximum absolute atomic E-state index is 13.6. The first kappa shape index (κ1) is 25.1. The molecule has 0 aliphatic heterocycles. The zero-order chi connectivity index (χ0) is 23.8. The van der Waals surface area contributed by atoms with Gasteiger partial charge in [-0.25, -0.2) is 0 Å². The second-order valence-corrected chi connectivity index (χ2v) is 8.81. The molecule has 33 heavy (non-hydrogen) atoms. The Morgan fingerprint density at radius 3 is 2.09 bits per heavy atom. The molecule has 0 aliphatic carbocycles. The van der Waals surface area contributed by atoms with Crippen LogP contribution in [0.5, 0.6) is 0 Å². The molecule has 0 heterocycles. The van der Waals surface area contributed by atoms with E-state index in [9.17, 15) is 9.59 Å². The third-order valence-electron chi connectivity index (χ3n) is 5.31. The van der Waals surface area contributed by atoms with E-state index in [1.807, 2.05) is 49.4 Å². The highest BCUT2D eigenvalue weighted by Crippen LogP contribution is 2.28. The van der Waals surface area contributed by atoms with E-state index in [1.54, 1.807) is 35.2 Å². The van der Waals surface area contributed by atoms with Crippen LogP contribution in [-0.2, 0) is 29.0 Å². The maximum Gasteiger partial charge on any atom is 0.243 e. The molecule has 172 valence electrons. The Bertz CT molecular complexity index is 1090. The second-order valence-electron chi connectivity index (χ2n) is 7.59. The predicted octanol–water partition coefficient (Wildman–Crippen LogP) is 5.97. The van der Waals surface area contributed by atoms with Crippen molar-refractivity contribution in [2.45, 2.75) is 32.4 Å². The van der Waals surface area contributed by atoms with Crippen molar-refractivity contribution < 1.29 is 9.59 Å². The van der Waals surface area contributed by atoms with Crippen LogP contribution >= 0.6 is 34.8 Å². The van der Waals surface area contributed by atoms with Gasteiger partial charge >= 0.3 is 0 Å². The van der Waals surface area contributed by atoms with Gasteiger partial charge in [0, 0.05) is 40.1 Å². The van der Waals surface area contributed by atoms with Gasteiger partial charge in [0.05, 0.1) is 6.42 Å². The number of halogens is 3. The molecule has 0 saturated carbocycles. The highest BCUT2D eigenvalue weighted by atomic mass is 35.5. The summed E-state index contributed by atoms with van der Waals surface area (Å²) in [7, 11) is 0. The first-order valence-electron chi connectivity index (χ1n) is 10.7. The van der Waals surface area contributed by atoms with Gasteiger partial charge in [0.1, 0.15) is 6.04 Å². The largest absolute Gasteiger partial charge is 0.355 e. The molecule has 3 rings (SSSR count). The first-order chi connectivity index (χ1) is 15.9. The zero-order valence-electron chi connectivity index (χ0n) is 18.2. The Morgan fingerprint density at radius 1 is 0.848 bits per heavy atom. The van der Waals surface area contributed by atoms with E-state index in [0.29, 0.717) is 39.2 Å². The van der Waals surface area contributed by atoms with Crippen molar-refractivity contribution in [2.24, 2.45) is 0 Å². The highest BCUT2D eigenvalue weighted by Gasteiger charge is 2.31. The summed E-state index contributed by atoms with van der Waals surface area (Å²) >= 11 is 19.2. The summed E-state index contributed by atoms with van der Waals surface area (Å²) in [6.07, 6.45) is 0.398. The first-order valence-corrected chi connectivity index (χ1v) is 11.8. The van der Waals surface area contributed by atoms with Gasteiger partial charge < -0.3 is 10.2 Å². The third-order valence-corrected chi connectivity index (χ3v) is 6.39. The highest BCUT2D eigenvalue weighted by molar-refractivity contribution is 6.36. The van der Waals surface area contributed by atoms with Gasteiger partial charge in [0.2, 0.25) is 11.8 Å². The molecule has 3 aromatic carbocycles. The summed E-state index contributed by atoms with van der Waals surface area (Å²) in [6.45, 7) is 2.39. The van der Waals surface area contributed by atoms with Crippen LogP contribution in [0.3, 0.4) is 0 Å². The van der Waals surface area contributed by atoms with Gasteiger partial charge in [0.15, 0.2) is 0 Å². The number of likely N-dealkylation sites (N-methyl/N-ethyl adjacent to an activating group) is 1. The van der Waals surface area contributed by atoms with Crippen LogP contribution in [0.15, 0.2) is 72.8 Å². The van der Waals surface area contributed by atoms with E-state index < -0.39 is 6.04 Å². The van der Waals surface area contributed by atoms with Crippen LogP contribution in [-0.4, -0.2) is 29.3 Å². The van der Waals surface area contributed by atoms with Crippen molar-refractivity contribution in [2.75, 3.05) is 6.54 Å². The summed E-state index contributed by atoms with van der Waals surface area (Å²) in [5.74, 6) is -0.483. The fraction of sp³-hybridized carbons (Fsp3) is 0.231. The number of carbonyl (C=O) groups is 2. The molecule has 1 atom stereocenters. The molecule has 7 heteroatoms. The third kappa shape index (κ3) is 6.73. The molecule has 4 nitrogen and oxygen atoms in total. The normalized spacial score (nSPS) is 11.6. The molecular weight excluding hydrogens is 479 g/mol. The number of amides is 2. The minimum atomic E-state index is -0.755. The van der Waals surface area contributed by atoms with Gasteiger partial charge in [-0.05, 0) is 36.2 Å².